The normalized spacial score (nSPS) is 12.8. The van der Waals surface area contributed by atoms with Crippen molar-refractivity contribution in [3.8, 4) is 0 Å². The van der Waals surface area contributed by atoms with Crippen molar-refractivity contribution in [2.45, 2.75) is 73.1 Å². The highest BCUT2D eigenvalue weighted by Crippen LogP contribution is 2.15. The molecule has 0 heterocycles. The van der Waals surface area contributed by atoms with E-state index in [-0.39, 0.29) is 35.7 Å². The van der Waals surface area contributed by atoms with Gasteiger partial charge in [0.15, 0.2) is 0 Å². The molecule has 2 aromatic carbocycles. The van der Waals surface area contributed by atoms with E-state index in [0.29, 0.717) is 13.1 Å². The van der Waals surface area contributed by atoms with Crippen LogP contribution in [0.3, 0.4) is 0 Å². The van der Waals surface area contributed by atoms with Crippen LogP contribution in [0.15, 0.2) is 48.5 Å². The first-order chi connectivity index (χ1) is 19.8. The summed E-state index contributed by atoms with van der Waals surface area (Å²) in [5, 5.41) is 26.1. The van der Waals surface area contributed by atoms with E-state index in [1.165, 1.54) is 25.1 Å². The summed E-state index contributed by atoms with van der Waals surface area (Å²) in [6.07, 6.45) is -1.40. The molecule has 0 bridgehead atoms. The third-order valence-electron chi connectivity index (χ3n) is 6.10. The van der Waals surface area contributed by atoms with Crippen molar-refractivity contribution in [3.05, 3.63) is 70.8 Å². The maximum absolute atomic E-state index is 13.0. The number of carbonyl (C=O) groups excluding carboxylic acids is 4. The number of nitrogens with one attached hydrogen (secondary N) is 2. The van der Waals surface area contributed by atoms with Crippen LogP contribution in [0.2, 0.25) is 0 Å². The van der Waals surface area contributed by atoms with Crippen molar-refractivity contribution in [3.63, 3.8) is 0 Å². The van der Waals surface area contributed by atoms with Crippen LogP contribution in [0, 0.1) is 11.8 Å². The van der Waals surface area contributed by atoms with Crippen LogP contribution in [0.1, 0.15) is 91.0 Å². The van der Waals surface area contributed by atoms with Crippen LogP contribution < -0.4 is 16.4 Å². The molecule has 0 fully saturated rings. The van der Waals surface area contributed by atoms with Crippen molar-refractivity contribution in [1.82, 2.24) is 15.5 Å². The Morgan fingerprint density at radius 1 is 0.833 bits per heavy atom. The molecule has 6 N–H and O–H groups in total. The van der Waals surface area contributed by atoms with E-state index >= 15 is 0 Å². The zero-order valence-corrected chi connectivity index (χ0v) is 25.7. The molecule has 0 aliphatic carbocycles. The summed E-state index contributed by atoms with van der Waals surface area (Å²) in [6, 6.07) is 13.2. The van der Waals surface area contributed by atoms with Crippen LogP contribution in [0.5, 0.6) is 0 Å². The molecule has 3 unspecified atom stereocenters. The first-order valence-corrected chi connectivity index (χ1v) is 14.5. The zero-order valence-electron chi connectivity index (χ0n) is 25.7. The number of nitrogens with zero attached hydrogens (tertiary/aromatic N) is 1. The Balaban J connectivity index is 0.00000206. The molecule has 0 saturated carbocycles. The van der Waals surface area contributed by atoms with Gasteiger partial charge in [-0.3, -0.25) is 19.2 Å². The maximum atomic E-state index is 13.0. The lowest BCUT2D eigenvalue weighted by atomic mass is 9.98. The number of nitrogens with two attached hydrogens (primary N) is 1. The van der Waals surface area contributed by atoms with Gasteiger partial charge in [-0.1, -0.05) is 71.9 Å². The van der Waals surface area contributed by atoms with Gasteiger partial charge in [0.25, 0.3) is 11.8 Å². The smallest absolute Gasteiger partial charge is 0.253 e. The third kappa shape index (κ3) is 12.4. The van der Waals surface area contributed by atoms with E-state index in [1.807, 2.05) is 44.2 Å². The Hall–Kier alpha value is -3.76. The first-order valence-electron chi connectivity index (χ1n) is 14.5. The molecule has 10 heteroatoms. The molecule has 0 radical (unpaired) electrons. The molecule has 3 atom stereocenters. The number of rotatable bonds is 14. The van der Waals surface area contributed by atoms with Gasteiger partial charge in [-0.2, -0.15) is 0 Å². The highest BCUT2D eigenvalue weighted by Gasteiger charge is 2.29. The standard InChI is InChI=1S/C28H38N4O6.C4H10/c1-4-11-32(12-5-2)28(38)22-14-20(25(29)35)13-21(15-22)27(37)31-17-23(33)24(34)18(3)26(36)30-16-19-9-7-6-8-10-19;1-4(2)3/h6-10,13-15,18,23-24,33-34H,4-5,11-12,16-17H2,1-3H3,(H2,29,35)(H,30,36)(H,31,37);4H,1-3H3. The molecular formula is C32H48N4O6. The topological polar surface area (TPSA) is 162 Å². The summed E-state index contributed by atoms with van der Waals surface area (Å²) >= 11 is 0. The average molecular weight is 585 g/mol. The minimum Gasteiger partial charge on any atom is -0.390 e. The van der Waals surface area contributed by atoms with Crippen LogP contribution in [-0.2, 0) is 11.3 Å². The molecule has 0 aliphatic heterocycles. The van der Waals surface area contributed by atoms with Gasteiger partial charge in [-0.15, -0.1) is 0 Å². The van der Waals surface area contributed by atoms with Gasteiger partial charge in [0.2, 0.25) is 11.8 Å². The van der Waals surface area contributed by atoms with Gasteiger partial charge >= 0.3 is 0 Å². The van der Waals surface area contributed by atoms with Gasteiger partial charge < -0.3 is 31.5 Å². The number of amides is 4. The van der Waals surface area contributed by atoms with Gasteiger partial charge in [-0.25, -0.2) is 0 Å². The minimum atomic E-state index is -1.45. The summed E-state index contributed by atoms with van der Waals surface area (Å²) < 4.78 is 0. The summed E-state index contributed by atoms with van der Waals surface area (Å²) in [5.74, 6) is -2.36. The van der Waals surface area contributed by atoms with Gasteiger partial charge in [0, 0.05) is 42.9 Å². The average Bonchev–Trinajstić information content (AvgIpc) is 2.97. The van der Waals surface area contributed by atoms with E-state index in [4.69, 9.17) is 5.73 Å². The van der Waals surface area contributed by atoms with Crippen molar-refractivity contribution in [2.75, 3.05) is 19.6 Å². The Bertz CT molecular complexity index is 1150. The number of benzene rings is 2. The van der Waals surface area contributed by atoms with Crippen molar-refractivity contribution < 1.29 is 29.4 Å². The van der Waals surface area contributed by atoms with Crippen molar-refractivity contribution in [2.24, 2.45) is 17.6 Å². The van der Waals surface area contributed by atoms with E-state index in [0.717, 1.165) is 24.3 Å². The van der Waals surface area contributed by atoms with Gasteiger partial charge in [0.1, 0.15) is 0 Å². The Morgan fingerprint density at radius 2 is 1.36 bits per heavy atom. The number of carbonyl (C=O) groups is 4. The molecule has 0 saturated heterocycles. The van der Waals surface area contributed by atoms with Crippen LogP contribution in [-0.4, -0.2) is 70.6 Å². The number of aliphatic hydroxyl groups is 2. The van der Waals surface area contributed by atoms with E-state index in [9.17, 15) is 29.4 Å². The van der Waals surface area contributed by atoms with Gasteiger partial charge in [0.05, 0.1) is 18.1 Å². The quantitative estimate of drug-likeness (QED) is 0.229. The fourth-order valence-electron chi connectivity index (χ4n) is 3.92. The Kier molecular flexibility index (Phi) is 16.1. The molecule has 0 spiro atoms. The van der Waals surface area contributed by atoms with E-state index in [2.05, 4.69) is 31.4 Å². The lowest BCUT2D eigenvalue weighted by Crippen LogP contribution is -2.46. The fraction of sp³-hybridized carbons (Fsp3) is 0.500. The number of hydrogen-bond acceptors (Lipinski definition) is 6. The minimum absolute atomic E-state index is 0.00163. The van der Waals surface area contributed by atoms with Crippen LogP contribution >= 0.6 is 0 Å². The molecule has 10 nitrogen and oxygen atoms in total. The van der Waals surface area contributed by atoms with Crippen LogP contribution in [0.4, 0.5) is 0 Å². The highest BCUT2D eigenvalue weighted by atomic mass is 16.3. The number of primary amides is 1. The Morgan fingerprint density at radius 3 is 1.88 bits per heavy atom. The largest absolute Gasteiger partial charge is 0.390 e. The molecule has 42 heavy (non-hydrogen) atoms. The molecule has 232 valence electrons. The Labute approximate surface area is 249 Å². The SMILES string of the molecule is CC(C)C.CCCN(CCC)C(=O)c1cc(C(N)=O)cc(C(=O)NCC(O)C(O)C(C)C(=O)NCc2ccccc2)c1. The number of aliphatic hydroxyl groups excluding tert-OH is 2. The molecule has 0 aliphatic rings. The van der Waals surface area contributed by atoms with Crippen LogP contribution in [0.25, 0.3) is 0 Å². The van der Waals surface area contributed by atoms with E-state index < -0.39 is 35.8 Å². The zero-order chi connectivity index (χ0) is 31.8. The first kappa shape index (κ1) is 36.3. The second kappa shape index (κ2) is 18.6. The third-order valence-corrected chi connectivity index (χ3v) is 6.10. The second-order valence-corrected chi connectivity index (χ2v) is 10.9. The molecule has 2 rings (SSSR count). The lowest BCUT2D eigenvalue weighted by Gasteiger charge is -2.24. The predicted octanol–water partition coefficient (Wildman–Crippen LogP) is 3.11. The maximum Gasteiger partial charge on any atom is 0.253 e. The number of hydrogen-bond donors (Lipinski definition) is 5. The summed E-state index contributed by atoms with van der Waals surface area (Å²) in [4.78, 5) is 51.8. The molecule has 4 amide bonds. The molecule has 2 aromatic rings. The summed E-state index contributed by atoms with van der Waals surface area (Å²) in [5.41, 5.74) is 6.47. The van der Waals surface area contributed by atoms with Crippen molar-refractivity contribution >= 4 is 23.6 Å². The lowest BCUT2D eigenvalue weighted by molar-refractivity contribution is -0.131. The highest BCUT2D eigenvalue weighted by molar-refractivity contribution is 6.04. The fourth-order valence-corrected chi connectivity index (χ4v) is 3.92. The monoisotopic (exact) mass is 584 g/mol. The summed E-state index contributed by atoms with van der Waals surface area (Å²) in [7, 11) is 0. The molecular weight excluding hydrogens is 536 g/mol. The molecule has 0 aromatic heterocycles. The summed E-state index contributed by atoms with van der Waals surface area (Å²) in [6.45, 7) is 12.8. The van der Waals surface area contributed by atoms with Gasteiger partial charge in [-0.05, 0) is 42.5 Å². The predicted molar refractivity (Wildman–Crippen MR) is 164 cm³/mol. The van der Waals surface area contributed by atoms with E-state index in [1.54, 1.807) is 4.90 Å². The van der Waals surface area contributed by atoms with Crippen molar-refractivity contribution in [1.29, 1.82) is 0 Å². The second-order valence-electron chi connectivity index (χ2n) is 10.9.